The minimum absolute atomic E-state index is 0.486. The Balaban J connectivity index is 1.63. The second-order valence-corrected chi connectivity index (χ2v) is 6.39. The largest absolute Gasteiger partial charge is 0.390 e. The molecule has 0 unspecified atom stereocenters. The Bertz CT molecular complexity index is 656. The van der Waals surface area contributed by atoms with Crippen molar-refractivity contribution in [2.24, 2.45) is 5.16 Å². The van der Waals surface area contributed by atoms with Crippen LogP contribution in [0.2, 0.25) is 0 Å². The molecule has 0 aromatic heterocycles. The standard InChI is InChI=1S/C21H24NO/c1-17-8-7-9-18(14-17)16-23-22-15-20-12-5-6-13-21(20)19-10-3-2-4-11-19/h5-9,12-14,19H,2-4,10-11,16H2,1H3. The molecule has 23 heavy (non-hydrogen) atoms. The van der Waals surface area contributed by atoms with Gasteiger partial charge in [0.2, 0.25) is 0 Å². The molecule has 1 aliphatic rings. The Kier molecular flexibility index (Phi) is 5.46. The van der Waals surface area contributed by atoms with E-state index in [1.54, 1.807) is 0 Å². The highest BCUT2D eigenvalue weighted by Crippen LogP contribution is 2.33. The average Bonchev–Trinajstić information content (AvgIpc) is 2.60. The molecule has 2 aromatic rings. The summed E-state index contributed by atoms with van der Waals surface area (Å²) < 4.78 is 0. The van der Waals surface area contributed by atoms with E-state index in [0.29, 0.717) is 12.5 Å². The molecule has 0 spiro atoms. The Hall–Kier alpha value is -2.09. The van der Waals surface area contributed by atoms with Gasteiger partial charge in [-0.25, -0.2) is 0 Å². The van der Waals surface area contributed by atoms with Crippen molar-refractivity contribution in [1.29, 1.82) is 0 Å². The molecule has 3 rings (SSSR count). The third-order valence-corrected chi connectivity index (χ3v) is 4.55. The van der Waals surface area contributed by atoms with Gasteiger partial charge in [-0.2, -0.15) is 0 Å². The zero-order valence-electron chi connectivity index (χ0n) is 13.8. The lowest BCUT2D eigenvalue weighted by molar-refractivity contribution is 0.132. The maximum atomic E-state index is 5.43. The molecule has 0 bridgehead atoms. The lowest BCUT2D eigenvalue weighted by atomic mass is 9.82. The minimum Gasteiger partial charge on any atom is -0.390 e. The Morgan fingerprint density at radius 2 is 1.87 bits per heavy atom. The number of hydrogen-bond acceptors (Lipinski definition) is 2. The van der Waals surface area contributed by atoms with Gasteiger partial charge in [-0.05, 0) is 36.8 Å². The fraction of sp³-hybridized carbons (Fsp3) is 0.381. The monoisotopic (exact) mass is 306 g/mol. The lowest BCUT2D eigenvalue weighted by Gasteiger charge is -2.23. The summed E-state index contributed by atoms with van der Waals surface area (Å²) in [5.74, 6) is 0.652. The molecule has 0 aliphatic heterocycles. The van der Waals surface area contributed by atoms with Crippen molar-refractivity contribution in [3.05, 3.63) is 70.8 Å². The molecule has 2 nitrogen and oxygen atoms in total. The van der Waals surface area contributed by atoms with Crippen molar-refractivity contribution in [2.45, 2.75) is 51.6 Å². The maximum absolute atomic E-state index is 5.43. The minimum atomic E-state index is 0.486. The fourth-order valence-corrected chi connectivity index (χ4v) is 3.36. The summed E-state index contributed by atoms with van der Waals surface area (Å²) in [4.78, 5) is 5.43. The van der Waals surface area contributed by atoms with Crippen LogP contribution in [0.15, 0.2) is 53.7 Å². The molecule has 2 heteroatoms. The van der Waals surface area contributed by atoms with Gasteiger partial charge in [-0.1, -0.05) is 78.5 Å². The van der Waals surface area contributed by atoms with Gasteiger partial charge < -0.3 is 4.84 Å². The molecular formula is C21H24NO. The molecule has 0 saturated heterocycles. The number of hydrogen-bond donors (Lipinski definition) is 0. The van der Waals surface area contributed by atoms with E-state index in [1.165, 1.54) is 43.2 Å². The third kappa shape index (κ3) is 4.44. The molecule has 0 N–H and O–H groups in total. The summed E-state index contributed by atoms with van der Waals surface area (Å²) in [6.45, 7) is 2.57. The first kappa shape index (κ1) is 15.8. The molecule has 0 atom stereocenters. The summed E-state index contributed by atoms with van der Waals surface area (Å²) in [7, 11) is 0. The molecule has 0 amide bonds. The van der Waals surface area contributed by atoms with Gasteiger partial charge >= 0.3 is 0 Å². The van der Waals surface area contributed by atoms with Gasteiger partial charge in [0.15, 0.2) is 0 Å². The van der Waals surface area contributed by atoms with E-state index in [1.807, 2.05) is 12.1 Å². The fourth-order valence-electron chi connectivity index (χ4n) is 3.36. The first-order valence-corrected chi connectivity index (χ1v) is 8.55. The van der Waals surface area contributed by atoms with Gasteiger partial charge in [-0.15, -0.1) is 0 Å². The number of aryl methyl sites for hydroxylation is 1. The molecule has 1 saturated carbocycles. The molecule has 1 aliphatic carbocycles. The van der Waals surface area contributed by atoms with Crippen LogP contribution in [0.1, 0.15) is 60.3 Å². The van der Waals surface area contributed by atoms with Gasteiger partial charge in [0.05, 0.1) is 0 Å². The Morgan fingerprint density at radius 3 is 2.70 bits per heavy atom. The van der Waals surface area contributed by atoms with Crippen LogP contribution in [0.3, 0.4) is 0 Å². The zero-order valence-corrected chi connectivity index (χ0v) is 13.8. The van der Waals surface area contributed by atoms with Crippen LogP contribution in [0.25, 0.3) is 0 Å². The Labute approximate surface area is 139 Å². The highest BCUT2D eigenvalue weighted by atomic mass is 16.6. The van der Waals surface area contributed by atoms with Crippen LogP contribution in [0.4, 0.5) is 0 Å². The molecule has 2 aromatic carbocycles. The van der Waals surface area contributed by atoms with Crippen LogP contribution in [-0.4, -0.2) is 6.21 Å². The van der Waals surface area contributed by atoms with E-state index in [0.717, 1.165) is 11.1 Å². The van der Waals surface area contributed by atoms with Gasteiger partial charge in [-0.3, -0.25) is 0 Å². The van der Waals surface area contributed by atoms with E-state index >= 15 is 0 Å². The Morgan fingerprint density at radius 1 is 1.04 bits per heavy atom. The second-order valence-electron chi connectivity index (χ2n) is 6.39. The van der Waals surface area contributed by atoms with Gasteiger partial charge in [0.25, 0.3) is 0 Å². The predicted octanol–water partition coefficient (Wildman–Crippen LogP) is 5.47. The van der Waals surface area contributed by atoms with Crippen LogP contribution >= 0.6 is 0 Å². The van der Waals surface area contributed by atoms with E-state index < -0.39 is 0 Å². The van der Waals surface area contributed by atoms with E-state index in [-0.39, 0.29) is 0 Å². The summed E-state index contributed by atoms with van der Waals surface area (Å²) >= 11 is 0. The maximum Gasteiger partial charge on any atom is 0.142 e. The molecular weight excluding hydrogens is 282 g/mol. The second kappa shape index (κ2) is 7.96. The summed E-state index contributed by atoms with van der Waals surface area (Å²) in [6, 6.07) is 16.8. The summed E-state index contributed by atoms with van der Waals surface area (Å²) in [5, 5.41) is 4.07. The van der Waals surface area contributed by atoms with Gasteiger partial charge in [0, 0.05) is 5.56 Å². The highest BCUT2D eigenvalue weighted by Gasteiger charge is 2.17. The summed E-state index contributed by atoms with van der Waals surface area (Å²) in [5.41, 5.74) is 4.82. The molecule has 0 heterocycles. The lowest BCUT2D eigenvalue weighted by Crippen LogP contribution is -2.07. The molecule has 119 valence electrons. The first-order chi connectivity index (χ1) is 11.3. The molecule has 1 radical (unpaired) electrons. The SMILES string of the molecule is Cc1cccc(CO/N=[C]\c2ccccc2C2CCCCC2)c1. The normalized spacial score (nSPS) is 15.9. The quantitative estimate of drug-likeness (QED) is 0.530. The van der Waals surface area contributed by atoms with Gasteiger partial charge in [0.1, 0.15) is 12.8 Å². The number of nitrogens with zero attached hydrogens (tertiary/aromatic N) is 1. The van der Waals surface area contributed by atoms with Crippen molar-refractivity contribution in [2.75, 3.05) is 0 Å². The van der Waals surface area contributed by atoms with Crippen LogP contribution in [0.5, 0.6) is 0 Å². The van der Waals surface area contributed by atoms with Crippen molar-refractivity contribution in [3.63, 3.8) is 0 Å². The summed E-state index contributed by atoms with van der Waals surface area (Å²) in [6.07, 6.45) is 9.70. The van der Waals surface area contributed by atoms with Crippen LogP contribution in [-0.2, 0) is 11.4 Å². The number of benzene rings is 2. The molecule has 1 fully saturated rings. The van der Waals surface area contributed by atoms with E-state index in [9.17, 15) is 0 Å². The van der Waals surface area contributed by atoms with Crippen LogP contribution in [0, 0.1) is 6.92 Å². The first-order valence-electron chi connectivity index (χ1n) is 8.55. The van der Waals surface area contributed by atoms with E-state index in [4.69, 9.17) is 4.84 Å². The zero-order chi connectivity index (χ0) is 15.9. The van der Waals surface area contributed by atoms with Crippen molar-refractivity contribution in [1.82, 2.24) is 0 Å². The van der Waals surface area contributed by atoms with Crippen molar-refractivity contribution >= 4 is 6.21 Å². The third-order valence-electron chi connectivity index (χ3n) is 4.55. The van der Waals surface area contributed by atoms with E-state index in [2.05, 4.69) is 54.7 Å². The van der Waals surface area contributed by atoms with Crippen molar-refractivity contribution in [3.8, 4) is 0 Å². The van der Waals surface area contributed by atoms with Crippen molar-refractivity contribution < 1.29 is 4.84 Å². The number of rotatable bonds is 5. The smallest absolute Gasteiger partial charge is 0.142 e. The average molecular weight is 306 g/mol. The predicted molar refractivity (Wildman–Crippen MR) is 94.8 cm³/mol. The topological polar surface area (TPSA) is 21.6 Å². The highest BCUT2D eigenvalue weighted by molar-refractivity contribution is 5.81. The van der Waals surface area contributed by atoms with Crippen LogP contribution < -0.4 is 0 Å².